The van der Waals surface area contributed by atoms with Crippen molar-refractivity contribution in [2.45, 2.75) is 39.3 Å². The molecule has 1 saturated carbocycles. The van der Waals surface area contributed by atoms with E-state index in [1.54, 1.807) is 0 Å². The molecule has 9 heteroatoms. The van der Waals surface area contributed by atoms with Crippen molar-refractivity contribution in [2.24, 2.45) is 11.7 Å². The maximum absolute atomic E-state index is 13.0. The predicted octanol–water partition coefficient (Wildman–Crippen LogP) is 0.248. The number of rotatable bonds is 6. The van der Waals surface area contributed by atoms with Crippen LogP contribution in [0.3, 0.4) is 0 Å². The van der Waals surface area contributed by atoms with Crippen molar-refractivity contribution in [2.75, 3.05) is 0 Å². The Morgan fingerprint density at radius 1 is 1.46 bits per heavy atom. The maximum atomic E-state index is 13.0. The van der Waals surface area contributed by atoms with Crippen LogP contribution in [-0.2, 0) is 11.3 Å². The summed E-state index contributed by atoms with van der Waals surface area (Å²) in [5.74, 6) is -1.68. The SMILES string of the molecule is CC(C)Cn1c(=O)c(C(=O)NC2CC2)c(O)n2ncc(C=CC(N)=O)c12. The van der Waals surface area contributed by atoms with E-state index in [0.29, 0.717) is 17.8 Å². The van der Waals surface area contributed by atoms with Crippen LogP contribution in [0.1, 0.15) is 42.6 Å². The number of fused-ring (bicyclic) bond motifs is 1. The fraction of sp³-hybridized carbons (Fsp3) is 0.412. The summed E-state index contributed by atoms with van der Waals surface area (Å²) in [7, 11) is 0. The van der Waals surface area contributed by atoms with Crippen molar-refractivity contribution in [1.82, 2.24) is 19.5 Å². The lowest BCUT2D eigenvalue weighted by Crippen LogP contribution is -2.36. The molecule has 0 saturated heterocycles. The third-order valence-electron chi connectivity index (χ3n) is 4.02. The number of hydrogen-bond acceptors (Lipinski definition) is 5. The van der Waals surface area contributed by atoms with Gasteiger partial charge in [0.25, 0.3) is 11.5 Å². The van der Waals surface area contributed by atoms with Crippen molar-refractivity contribution in [3.63, 3.8) is 0 Å². The van der Waals surface area contributed by atoms with Gasteiger partial charge in [-0.25, -0.2) is 0 Å². The van der Waals surface area contributed by atoms with Crippen molar-refractivity contribution in [1.29, 1.82) is 0 Å². The molecule has 9 nitrogen and oxygen atoms in total. The van der Waals surface area contributed by atoms with Crippen LogP contribution in [-0.4, -0.2) is 37.1 Å². The molecular formula is C17H21N5O4. The summed E-state index contributed by atoms with van der Waals surface area (Å²) in [6.45, 7) is 4.17. The summed E-state index contributed by atoms with van der Waals surface area (Å²) < 4.78 is 2.52. The smallest absolute Gasteiger partial charge is 0.270 e. The Morgan fingerprint density at radius 2 is 2.15 bits per heavy atom. The summed E-state index contributed by atoms with van der Waals surface area (Å²) in [5.41, 5.74) is 4.92. The molecule has 0 unspecified atom stereocenters. The molecule has 0 aromatic carbocycles. The van der Waals surface area contributed by atoms with E-state index in [1.807, 2.05) is 13.8 Å². The molecule has 1 aliphatic carbocycles. The zero-order chi connectivity index (χ0) is 19.0. The fourth-order valence-corrected chi connectivity index (χ4v) is 2.72. The van der Waals surface area contributed by atoms with Crippen molar-refractivity contribution in [3.05, 3.63) is 33.8 Å². The van der Waals surface area contributed by atoms with E-state index in [2.05, 4.69) is 10.4 Å². The van der Waals surface area contributed by atoms with Gasteiger partial charge in [-0.15, -0.1) is 0 Å². The van der Waals surface area contributed by atoms with Gasteiger partial charge in [0.2, 0.25) is 11.8 Å². The highest BCUT2D eigenvalue weighted by atomic mass is 16.3. The highest BCUT2D eigenvalue weighted by molar-refractivity contribution is 5.97. The Kier molecular flexibility index (Phi) is 4.54. The zero-order valence-corrected chi connectivity index (χ0v) is 14.6. The molecule has 0 spiro atoms. The molecule has 0 atom stereocenters. The monoisotopic (exact) mass is 359 g/mol. The number of hydrogen-bond donors (Lipinski definition) is 3. The van der Waals surface area contributed by atoms with Gasteiger partial charge >= 0.3 is 0 Å². The van der Waals surface area contributed by atoms with E-state index in [-0.39, 0.29) is 17.5 Å². The first-order chi connectivity index (χ1) is 12.3. The summed E-state index contributed by atoms with van der Waals surface area (Å²) in [5, 5.41) is 17.3. The topological polar surface area (TPSA) is 132 Å². The normalized spacial score (nSPS) is 14.4. The lowest BCUT2D eigenvalue weighted by Gasteiger charge is -2.15. The van der Waals surface area contributed by atoms with Crippen LogP contribution in [0.4, 0.5) is 0 Å². The second-order valence-electron chi connectivity index (χ2n) is 6.83. The number of primary amides is 1. The Bertz CT molecular complexity index is 966. The van der Waals surface area contributed by atoms with Gasteiger partial charge in [0.1, 0.15) is 5.65 Å². The number of carbonyl (C=O) groups excluding carboxylic acids is 2. The Hall–Kier alpha value is -3.10. The van der Waals surface area contributed by atoms with Crippen LogP contribution < -0.4 is 16.6 Å². The molecule has 1 aliphatic rings. The van der Waals surface area contributed by atoms with E-state index in [1.165, 1.54) is 16.8 Å². The highest BCUT2D eigenvalue weighted by Gasteiger charge is 2.29. The van der Waals surface area contributed by atoms with Crippen LogP contribution in [0.15, 0.2) is 17.1 Å². The average molecular weight is 359 g/mol. The third kappa shape index (κ3) is 3.32. The number of carbonyl (C=O) groups is 2. The van der Waals surface area contributed by atoms with Crippen molar-refractivity contribution >= 4 is 23.5 Å². The van der Waals surface area contributed by atoms with Gasteiger partial charge in [-0.05, 0) is 24.8 Å². The number of aromatic hydroxyl groups is 1. The number of aromatic nitrogens is 3. The fourth-order valence-electron chi connectivity index (χ4n) is 2.72. The van der Waals surface area contributed by atoms with E-state index in [4.69, 9.17) is 5.73 Å². The summed E-state index contributed by atoms with van der Waals surface area (Å²) in [6, 6.07) is 0.0437. The molecule has 2 aromatic heterocycles. The van der Waals surface area contributed by atoms with E-state index >= 15 is 0 Å². The first-order valence-electron chi connectivity index (χ1n) is 8.41. The van der Waals surface area contributed by atoms with Gasteiger partial charge in [-0.1, -0.05) is 13.8 Å². The minimum Gasteiger partial charge on any atom is -0.492 e. The Balaban J connectivity index is 2.23. The van der Waals surface area contributed by atoms with E-state index in [0.717, 1.165) is 23.4 Å². The Morgan fingerprint density at radius 3 is 2.73 bits per heavy atom. The minimum absolute atomic E-state index is 0.0437. The zero-order valence-electron chi connectivity index (χ0n) is 14.6. The molecule has 0 radical (unpaired) electrons. The number of nitrogens with zero attached hydrogens (tertiary/aromatic N) is 3. The number of nitrogens with two attached hydrogens (primary N) is 1. The molecule has 0 bridgehead atoms. The van der Waals surface area contributed by atoms with Gasteiger partial charge in [0.05, 0.1) is 6.20 Å². The summed E-state index contributed by atoms with van der Waals surface area (Å²) >= 11 is 0. The molecule has 2 amide bonds. The largest absolute Gasteiger partial charge is 0.492 e. The minimum atomic E-state index is -0.647. The van der Waals surface area contributed by atoms with E-state index < -0.39 is 23.3 Å². The van der Waals surface area contributed by atoms with E-state index in [9.17, 15) is 19.5 Å². The first kappa shape index (κ1) is 17.7. The molecule has 2 aromatic rings. The molecule has 138 valence electrons. The molecule has 2 heterocycles. The second kappa shape index (κ2) is 6.66. The quantitative estimate of drug-likeness (QED) is 0.636. The maximum Gasteiger partial charge on any atom is 0.270 e. The summed E-state index contributed by atoms with van der Waals surface area (Å²) in [4.78, 5) is 36.4. The second-order valence-corrected chi connectivity index (χ2v) is 6.83. The number of nitrogens with one attached hydrogen (secondary N) is 1. The standard InChI is InChI=1S/C17H21N5O4/c1-9(2)8-21-15-10(3-6-12(18)23)7-19-22(15)17(26)13(16(21)25)14(24)20-11-4-5-11/h3,6-7,9,11,26H,4-5,8H2,1-2H3,(H2,18,23)(H,20,24). The van der Waals surface area contributed by atoms with Gasteiger partial charge in [-0.2, -0.15) is 9.61 Å². The van der Waals surface area contributed by atoms with Gasteiger partial charge in [-0.3, -0.25) is 19.0 Å². The van der Waals surface area contributed by atoms with Crippen LogP contribution >= 0.6 is 0 Å². The molecular weight excluding hydrogens is 338 g/mol. The molecule has 3 rings (SSSR count). The van der Waals surface area contributed by atoms with Crippen molar-refractivity contribution < 1.29 is 14.7 Å². The van der Waals surface area contributed by atoms with Gasteiger partial charge in [0.15, 0.2) is 5.56 Å². The van der Waals surface area contributed by atoms with Gasteiger partial charge in [0, 0.05) is 24.2 Å². The molecule has 0 aliphatic heterocycles. The third-order valence-corrected chi connectivity index (χ3v) is 4.02. The molecule has 1 fully saturated rings. The van der Waals surface area contributed by atoms with Crippen molar-refractivity contribution in [3.8, 4) is 5.88 Å². The number of amides is 2. The first-order valence-corrected chi connectivity index (χ1v) is 8.41. The average Bonchev–Trinajstić information content (AvgIpc) is 3.25. The molecule has 26 heavy (non-hydrogen) atoms. The van der Waals surface area contributed by atoms with Crippen LogP contribution in [0.2, 0.25) is 0 Å². The van der Waals surface area contributed by atoms with Crippen LogP contribution in [0.25, 0.3) is 11.7 Å². The highest BCUT2D eigenvalue weighted by Crippen LogP contribution is 2.23. The van der Waals surface area contributed by atoms with Gasteiger partial charge < -0.3 is 16.2 Å². The summed E-state index contributed by atoms with van der Waals surface area (Å²) in [6.07, 6.45) is 5.68. The van der Waals surface area contributed by atoms with Crippen LogP contribution in [0.5, 0.6) is 5.88 Å². The lowest BCUT2D eigenvalue weighted by atomic mass is 10.2. The van der Waals surface area contributed by atoms with Crippen LogP contribution in [0, 0.1) is 5.92 Å². The Labute approximate surface area is 149 Å². The predicted molar refractivity (Wildman–Crippen MR) is 94.7 cm³/mol. The molecule has 4 N–H and O–H groups in total. The lowest BCUT2D eigenvalue weighted by molar-refractivity contribution is -0.113.